The largest absolute Gasteiger partial charge is 0.323 e. The van der Waals surface area contributed by atoms with Gasteiger partial charge in [-0.05, 0) is 43.4 Å². The van der Waals surface area contributed by atoms with Crippen LogP contribution in [-0.4, -0.2) is 9.78 Å². The van der Waals surface area contributed by atoms with Crippen LogP contribution in [0.2, 0.25) is 0 Å². The lowest BCUT2D eigenvalue weighted by atomic mass is 9.98. The molecule has 0 fully saturated rings. The molecule has 18 heavy (non-hydrogen) atoms. The molecule has 2 aromatic rings. The molecule has 1 unspecified atom stereocenters. The Bertz CT molecular complexity index is 517. The number of rotatable bonds is 3. The highest BCUT2D eigenvalue weighted by Crippen LogP contribution is 2.33. The smallest absolute Gasteiger partial charge is 0.0643 e. The molecule has 0 radical (unpaired) electrons. The van der Waals surface area contributed by atoms with Gasteiger partial charge in [0.05, 0.1) is 5.69 Å². The molecule has 0 saturated heterocycles. The van der Waals surface area contributed by atoms with Crippen LogP contribution in [0, 0.1) is 0 Å². The number of aromatic nitrogens is 2. The van der Waals surface area contributed by atoms with Gasteiger partial charge in [0.25, 0.3) is 0 Å². The van der Waals surface area contributed by atoms with Crippen molar-refractivity contribution in [2.45, 2.75) is 38.1 Å². The number of fused-ring (bicyclic) bond motifs is 1. The van der Waals surface area contributed by atoms with Gasteiger partial charge < -0.3 is 5.73 Å². The number of aryl methyl sites for hydroxylation is 3. The van der Waals surface area contributed by atoms with Crippen LogP contribution in [0.5, 0.6) is 0 Å². The molecule has 0 bridgehead atoms. The Labute approximate surface area is 112 Å². The first-order valence-corrected chi connectivity index (χ1v) is 7.39. The molecule has 0 aromatic carbocycles. The van der Waals surface area contributed by atoms with E-state index in [0.717, 1.165) is 12.1 Å². The van der Waals surface area contributed by atoms with Gasteiger partial charge in [-0.25, -0.2) is 0 Å². The molecule has 1 aliphatic carbocycles. The zero-order chi connectivity index (χ0) is 12.5. The second-order valence-electron chi connectivity index (χ2n) is 5.10. The van der Waals surface area contributed by atoms with Crippen LogP contribution in [0.1, 0.15) is 39.9 Å². The molecule has 1 atom stereocenters. The predicted octanol–water partition coefficient (Wildman–Crippen LogP) is 2.60. The minimum Gasteiger partial charge on any atom is -0.323 e. The molecule has 0 aliphatic heterocycles. The van der Waals surface area contributed by atoms with E-state index in [1.54, 1.807) is 4.88 Å². The maximum Gasteiger partial charge on any atom is 0.0643 e. The molecule has 3 nitrogen and oxygen atoms in total. The second-order valence-corrected chi connectivity index (χ2v) is 6.26. The molecule has 1 aliphatic rings. The Morgan fingerprint density at radius 1 is 1.44 bits per heavy atom. The monoisotopic (exact) mass is 261 g/mol. The fourth-order valence-corrected chi connectivity index (χ4v) is 3.85. The third kappa shape index (κ3) is 2.35. The molecule has 0 amide bonds. The second kappa shape index (κ2) is 4.86. The van der Waals surface area contributed by atoms with Gasteiger partial charge in [0.1, 0.15) is 0 Å². The quantitative estimate of drug-likeness (QED) is 0.923. The number of hydrogen-bond donors (Lipinski definition) is 1. The van der Waals surface area contributed by atoms with Crippen molar-refractivity contribution < 1.29 is 0 Å². The first kappa shape index (κ1) is 11.9. The Kier molecular flexibility index (Phi) is 3.22. The third-order valence-corrected chi connectivity index (χ3v) is 4.95. The molecule has 4 heteroatoms. The van der Waals surface area contributed by atoms with E-state index in [1.165, 1.54) is 36.1 Å². The van der Waals surface area contributed by atoms with Crippen LogP contribution in [0.4, 0.5) is 0 Å². The Morgan fingerprint density at radius 2 is 2.28 bits per heavy atom. The molecular formula is C14H19N3S. The highest BCUT2D eigenvalue weighted by molar-refractivity contribution is 7.12. The minimum absolute atomic E-state index is 0.0931. The minimum atomic E-state index is 0.0931. The number of nitrogens with two attached hydrogens (primary N) is 1. The third-order valence-electron chi connectivity index (χ3n) is 3.58. The SMILES string of the molecule is Cn1ccc(CC(N)c2cc3c(s2)CCCC3)n1. The summed E-state index contributed by atoms with van der Waals surface area (Å²) in [6, 6.07) is 4.47. The van der Waals surface area contributed by atoms with Crippen LogP contribution >= 0.6 is 11.3 Å². The fourth-order valence-electron chi connectivity index (χ4n) is 2.59. The Balaban J connectivity index is 1.75. The van der Waals surface area contributed by atoms with Crippen molar-refractivity contribution in [3.63, 3.8) is 0 Å². The van der Waals surface area contributed by atoms with E-state index < -0.39 is 0 Å². The summed E-state index contributed by atoms with van der Waals surface area (Å²) in [6.45, 7) is 0. The fraction of sp³-hybridized carbons (Fsp3) is 0.500. The molecular weight excluding hydrogens is 242 g/mol. The summed E-state index contributed by atoms with van der Waals surface area (Å²) >= 11 is 1.91. The molecule has 0 spiro atoms. The van der Waals surface area contributed by atoms with Crippen LogP contribution in [-0.2, 0) is 26.3 Å². The van der Waals surface area contributed by atoms with Gasteiger partial charge in [-0.2, -0.15) is 5.10 Å². The van der Waals surface area contributed by atoms with Gasteiger partial charge in [0, 0.05) is 35.5 Å². The molecule has 2 heterocycles. The Hall–Kier alpha value is -1.13. The lowest BCUT2D eigenvalue weighted by molar-refractivity contribution is 0.680. The van der Waals surface area contributed by atoms with E-state index >= 15 is 0 Å². The van der Waals surface area contributed by atoms with E-state index in [0.29, 0.717) is 0 Å². The van der Waals surface area contributed by atoms with Crippen molar-refractivity contribution in [3.05, 3.63) is 39.3 Å². The predicted molar refractivity (Wildman–Crippen MR) is 74.8 cm³/mol. The maximum absolute atomic E-state index is 6.31. The van der Waals surface area contributed by atoms with Gasteiger partial charge in [-0.3, -0.25) is 4.68 Å². The zero-order valence-corrected chi connectivity index (χ0v) is 11.5. The van der Waals surface area contributed by atoms with Gasteiger partial charge in [0.15, 0.2) is 0 Å². The van der Waals surface area contributed by atoms with Crippen LogP contribution < -0.4 is 5.73 Å². The lowest BCUT2D eigenvalue weighted by Crippen LogP contribution is -2.12. The highest BCUT2D eigenvalue weighted by Gasteiger charge is 2.17. The maximum atomic E-state index is 6.31. The topological polar surface area (TPSA) is 43.8 Å². The Morgan fingerprint density at radius 3 is 3.00 bits per heavy atom. The normalized spacial score (nSPS) is 16.6. The lowest BCUT2D eigenvalue weighted by Gasteiger charge is -2.08. The van der Waals surface area contributed by atoms with Gasteiger partial charge in [0.2, 0.25) is 0 Å². The highest BCUT2D eigenvalue weighted by atomic mass is 32.1. The molecule has 2 aromatic heterocycles. The average Bonchev–Trinajstić information content (AvgIpc) is 2.95. The molecule has 0 saturated carbocycles. The summed E-state index contributed by atoms with van der Waals surface area (Å²) in [5.41, 5.74) is 8.93. The van der Waals surface area contributed by atoms with Gasteiger partial charge in [-0.15, -0.1) is 11.3 Å². The standard InChI is InChI=1S/C14H19N3S/c1-17-7-6-11(16-17)9-12(15)14-8-10-4-2-3-5-13(10)18-14/h6-8,12H,2-5,9,15H2,1H3. The number of thiophene rings is 1. The number of hydrogen-bond acceptors (Lipinski definition) is 3. The summed E-state index contributed by atoms with van der Waals surface area (Å²) in [7, 11) is 1.94. The van der Waals surface area contributed by atoms with Crippen molar-refractivity contribution in [1.29, 1.82) is 0 Å². The first-order valence-electron chi connectivity index (χ1n) is 6.58. The molecule has 96 valence electrons. The summed E-state index contributed by atoms with van der Waals surface area (Å²) in [4.78, 5) is 2.89. The van der Waals surface area contributed by atoms with Crippen LogP contribution in [0.25, 0.3) is 0 Å². The summed E-state index contributed by atoms with van der Waals surface area (Å²) in [5.74, 6) is 0. The van der Waals surface area contributed by atoms with Crippen molar-refractivity contribution in [1.82, 2.24) is 9.78 Å². The van der Waals surface area contributed by atoms with E-state index in [4.69, 9.17) is 5.73 Å². The summed E-state index contributed by atoms with van der Waals surface area (Å²) in [6.07, 6.45) is 7.96. The zero-order valence-electron chi connectivity index (χ0n) is 10.7. The molecule has 3 rings (SSSR count). The van der Waals surface area contributed by atoms with E-state index in [-0.39, 0.29) is 6.04 Å². The molecule has 2 N–H and O–H groups in total. The summed E-state index contributed by atoms with van der Waals surface area (Å²) < 4.78 is 1.83. The van der Waals surface area contributed by atoms with Crippen molar-refractivity contribution in [3.8, 4) is 0 Å². The van der Waals surface area contributed by atoms with E-state index in [1.807, 2.05) is 35.3 Å². The van der Waals surface area contributed by atoms with Crippen LogP contribution in [0.3, 0.4) is 0 Å². The van der Waals surface area contributed by atoms with Gasteiger partial charge >= 0.3 is 0 Å². The van der Waals surface area contributed by atoms with E-state index in [2.05, 4.69) is 11.2 Å². The average molecular weight is 261 g/mol. The van der Waals surface area contributed by atoms with E-state index in [9.17, 15) is 0 Å². The summed E-state index contributed by atoms with van der Waals surface area (Å²) in [5, 5.41) is 4.40. The van der Waals surface area contributed by atoms with Crippen molar-refractivity contribution in [2.24, 2.45) is 12.8 Å². The van der Waals surface area contributed by atoms with Crippen LogP contribution in [0.15, 0.2) is 18.3 Å². The first-order chi connectivity index (χ1) is 8.72. The number of nitrogens with zero attached hydrogens (tertiary/aromatic N) is 2. The van der Waals surface area contributed by atoms with Crippen molar-refractivity contribution >= 4 is 11.3 Å². The van der Waals surface area contributed by atoms with Gasteiger partial charge in [-0.1, -0.05) is 0 Å². The van der Waals surface area contributed by atoms with Crippen molar-refractivity contribution in [2.75, 3.05) is 0 Å².